The van der Waals surface area contributed by atoms with Gasteiger partial charge in [0.05, 0.1) is 21.7 Å². The lowest BCUT2D eigenvalue weighted by atomic mass is 10.1. The molecule has 1 aromatic carbocycles. The van der Waals surface area contributed by atoms with Gasteiger partial charge in [0, 0.05) is 44.2 Å². The molecule has 1 saturated heterocycles. The number of hydrogen-bond acceptors (Lipinski definition) is 5. The molecule has 0 saturated carbocycles. The molecule has 7 nitrogen and oxygen atoms in total. The number of H-pyrrole nitrogens is 1. The first-order valence-corrected chi connectivity index (χ1v) is 11.3. The zero-order valence-electron chi connectivity index (χ0n) is 18.2. The van der Waals surface area contributed by atoms with Crippen molar-refractivity contribution in [2.75, 3.05) is 31.1 Å². The van der Waals surface area contributed by atoms with Gasteiger partial charge in [-0.15, -0.1) is 0 Å². The number of piperazine rings is 1. The molecule has 0 bridgehead atoms. The molecule has 3 heterocycles. The van der Waals surface area contributed by atoms with Gasteiger partial charge in [0.25, 0.3) is 5.56 Å². The quantitative estimate of drug-likeness (QED) is 0.524. The number of aromatic amines is 1. The average molecular weight is 494 g/mol. The van der Waals surface area contributed by atoms with Crippen LogP contribution in [0.5, 0.6) is 0 Å². The normalized spacial score (nSPS) is 14.6. The van der Waals surface area contributed by atoms with Crippen molar-refractivity contribution in [3.05, 3.63) is 63.2 Å². The Morgan fingerprint density at radius 3 is 2.47 bits per heavy atom. The summed E-state index contributed by atoms with van der Waals surface area (Å²) in [6.07, 6.45) is -1.25. The molecular weight excluding hydrogens is 471 g/mol. The Morgan fingerprint density at radius 2 is 1.79 bits per heavy atom. The van der Waals surface area contributed by atoms with E-state index < -0.39 is 11.7 Å². The summed E-state index contributed by atoms with van der Waals surface area (Å²) in [7, 11) is 0. The lowest BCUT2D eigenvalue weighted by molar-refractivity contribution is -0.137. The van der Waals surface area contributed by atoms with Gasteiger partial charge in [-0.05, 0) is 31.4 Å². The SMILES string of the molecule is O=C(CCCCc1n[nH]c(=O)c2ccccc12)N1CCN(c2ncc(C(F)(F)F)cc2Cl)CC1. The van der Waals surface area contributed by atoms with Gasteiger partial charge < -0.3 is 9.80 Å². The fourth-order valence-corrected chi connectivity index (χ4v) is 4.36. The second-order valence-electron chi connectivity index (χ2n) is 8.15. The van der Waals surface area contributed by atoms with Crippen LogP contribution in [-0.4, -0.2) is 52.2 Å². The number of unbranched alkanes of at least 4 members (excludes halogenated alkanes) is 1. The third-order valence-electron chi connectivity index (χ3n) is 5.91. The fourth-order valence-electron chi connectivity index (χ4n) is 4.07. The molecule has 1 fully saturated rings. The number of nitrogens with zero attached hydrogens (tertiary/aromatic N) is 4. The van der Waals surface area contributed by atoms with Crippen molar-refractivity contribution in [2.24, 2.45) is 0 Å². The minimum Gasteiger partial charge on any atom is -0.352 e. The molecule has 0 spiro atoms. The molecule has 11 heteroatoms. The number of nitrogens with one attached hydrogen (secondary N) is 1. The maximum Gasteiger partial charge on any atom is 0.417 e. The molecule has 0 unspecified atom stereocenters. The molecule has 0 radical (unpaired) electrons. The lowest BCUT2D eigenvalue weighted by Gasteiger charge is -2.36. The van der Waals surface area contributed by atoms with E-state index in [4.69, 9.17) is 11.6 Å². The molecule has 1 N–H and O–H groups in total. The summed E-state index contributed by atoms with van der Waals surface area (Å²) in [5.41, 5.74) is -0.307. The van der Waals surface area contributed by atoms with E-state index in [9.17, 15) is 22.8 Å². The van der Waals surface area contributed by atoms with Gasteiger partial charge in [-0.3, -0.25) is 9.59 Å². The number of aryl methyl sites for hydroxylation is 1. The van der Waals surface area contributed by atoms with Crippen molar-refractivity contribution < 1.29 is 18.0 Å². The number of hydrogen-bond donors (Lipinski definition) is 1. The van der Waals surface area contributed by atoms with Crippen molar-refractivity contribution in [1.29, 1.82) is 0 Å². The average Bonchev–Trinajstić information content (AvgIpc) is 2.82. The molecule has 3 aromatic rings. The number of alkyl halides is 3. The predicted molar refractivity (Wildman–Crippen MR) is 123 cm³/mol. The smallest absolute Gasteiger partial charge is 0.352 e. The van der Waals surface area contributed by atoms with Gasteiger partial charge in [-0.2, -0.15) is 18.3 Å². The first kappa shape index (κ1) is 24.0. The van der Waals surface area contributed by atoms with Crippen LogP contribution in [0, 0.1) is 0 Å². The highest BCUT2D eigenvalue weighted by molar-refractivity contribution is 6.33. The van der Waals surface area contributed by atoms with E-state index >= 15 is 0 Å². The third-order valence-corrected chi connectivity index (χ3v) is 6.19. The summed E-state index contributed by atoms with van der Waals surface area (Å²) >= 11 is 6.04. The van der Waals surface area contributed by atoms with E-state index in [0.29, 0.717) is 56.6 Å². The van der Waals surface area contributed by atoms with Gasteiger partial charge >= 0.3 is 6.18 Å². The number of carbonyl (C=O) groups excluding carboxylic acids is 1. The molecule has 1 aliphatic rings. The summed E-state index contributed by atoms with van der Waals surface area (Å²) in [5, 5.41) is 8.05. The highest BCUT2D eigenvalue weighted by Crippen LogP contribution is 2.33. The van der Waals surface area contributed by atoms with E-state index in [1.807, 2.05) is 12.1 Å². The lowest BCUT2D eigenvalue weighted by Crippen LogP contribution is -2.49. The highest BCUT2D eigenvalue weighted by Gasteiger charge is 2.32. The van der Waals surface area contributed by atoms with Crippen LogP contribution in [0.1, 0.15) is 30.5 Å². The number of anilines is 1. The maximum atomic E-state index is 12.8. The fraction of sp³-hybridized carbons (Fsp3) is 0.391. The molecule has 34 heavy (non-hydrogen) atoms. The minimum atomic E-state index is -4.50. The Labute approximate surface area is 198 Å². The van der Waals surface area contributed by atoms with E-state index in [-0.39, 0.29) is 16.5 Å². The molecule has 0 atom stereocenters. The Bertz CT molecular complexity index is 1240. The topological polar surface area (TPSA) is 82.2 Å². The number of pyridine rings is 1. The Balaban J connectivity index is 1.26. The van der Waals surface area contributed by atoms with Crippen LogP contribution in [0.2, 0.25) is 5.02 Å². The summed E-state index contributed by atoms with van der Waals surface area (Å²) in [6.45, 7) is 1.78. The van der Waals surface area contributed by atoms with E-state index in [1.54, 1.807) is 21.9 Å². The number of aromatic nitrogens is 3. The second kappa shape index (κ2) is 10.0. The van der Waals surface area contributed by atoms with Crippen LogP contribution in [0.4, 0.5) is 19.0 Å². The minimum absolute atomic E-state index is 0.0328. The van der Waals surface area contributed by atoms with Gasteiger partial charge in [0.1, 0.15) is 5.82 Å². The van der Waals surface area contributed by atoms with Gasteiger partial charge in [-0.25, -0.2) is 10.1 Å². The van der Waals surface area contributed by atoms with Crippen molar-refractivity contribution in [3.63, 3.8) is 0 Å². The zero-order valence-corrected chi connectivity index (χ0v) is 19.0. The number of rotatable bonds is 6. The molecule has 1 aliphatic heterocycles. The van der Waals surface area contributed by atoms with Crippen LogP contribution in [0.3, 0.4) is 0 Å². The highest BCUT2D eigenvalue weighted by atomic mass is 35.5. The van der Waals surface area contributed by atoms with Crippen molar-refractivity contribution >= 4 is 34.1 Å². The molecule has 0 aliphatic carbocycles. The Hall–Kier alpha value is -3.14. The summed E-state index contributed by atoms with van der Waals surface area (Å²) in [6, 6.07) is 8.18. The van der Waals surface area contributed by atoms with E-state index in [0.717, 1.165) is 29.8 Å². The monoisotopic (exact) mass is 493 g/mol. The Morgan fingerprint density at radius 1 is 1.09 bits per heavy atom. The molecule has 1 amide bonds. The molecule has 2 aromatic heterocycles. The first-order valence-electron chi connectivity index (χ1n) is 11.0. The van der Waals surface area contributed by atoms with Crippen LogP contribution >= 0.6 is 11.6 Å². The van der Waals surface area contributed by atoms with E-state index in [2.05, 4.69) is 15.2 Å². The summed E-state index contributed by atoms with van der Waals surface area (Å²) in [5.74, 6) is 0.327. The third kappa shape index (κ3) is 5.32. The van der Waals surface area contributed by atoms with Gasteiger partial charge in [-0.1, -0.05) is 29.8 Å². The van der Waals surface area contributed by atoms with Gasteiger partial charge in [0.2, 0.25) is 5.91 Å². The van der Waals surface area contributed by atoms with Crippen LogP contribution in [0.25, 0.3) is 10.8 Å². The van der Waals surface area contributed by atoms with Crippen LogP contribution in [-0.2, 0) is 17.4 Å². The number of carbonyl (C=O) groups is 1. The largest absolute Gasteiger partial charge is 0.417 e. The maximum absolute atomic E-state index is 12.8. The van der Waals surface area contributed by atoms with E-state index in [1.165, 1.54) is 0 Å². The molecular formula is C23H23ClF3N5O2. The van der Waals surface area contributed by atoms with Crippen LogP contribution in [0.15, 0.2) is 41.3 Å². The summed E-state index contributed by atoms with van der Waals surface area (Å²) < 4.78 is 38.5. The molecule has 180 valence electrons. The van der Waals surface area contributed by atoms with Crippen molar-refractivity contribution in [1.82, 2.24) is 20.1 Å². The number of benzene rings is 1. The summed E-state index contributed by atoms with van der Waals surface area (Å²) in [4.78, 5) is 31.9. The zero-order chi connectivity index (χ0) is 24.3. The van der Waals surface area contributed by atoms with Crippen molar-refractivity contribution in [2.45, 2.75) is 31.9 Å². The van der Waals surface area contributed by atoms with Crippen LogP contribution < -0.4 is 10.5 Å². The number of halogens is 4. The first-order chi connectivity index (χ1) is 16.2. The van der Waals surface area contributed by atoms with Gasteiger partial charge in [0.15, 0.2) is 0 Å². The van der Waals surface area contributed by atoms with Crippen molar-refractivity contribution in [3.8, 4) is 0 Å². The number of fused-ring (bicyclic) bond motifs is 1. The molecule has 4 rings (SSSR count). The Kier molecular flexibility index (Phi) is 7.06. The second-order valence-corrected chi connectivity index (χ2v) is 8.55. The predicted octanol–water partition coefficient (Wildman–Crippen LogP) is 4.05. The number of amides is 1. The standard InChI is InChI=1S/C23H23ClF3N5O2/c24-18-13-15(23(25,26)27)14-28-21(18)32-11-9-31(10-12-32)20(33)8-4-3-7-19-16-5-1-2-6-17(16)22(34)30-29-19/h1-2,5-6,13-14H,3-4,7-12H2,(H,30,34).